The van der Waals surface area contributed by atoms with Gasteiger partial charge in [-0.3, -0.25) is 0 Å². The zero-order valence-electron chi connectivity index (χ0n) is 8.31. The minimum absolute atomic E-state index is 0.181. The van der Waals surface area contributed by atoms with Crippen LogP contribution in [0.25, 0.3) is 11.5 Å². The van der Waals surface area contributed by atoms with Crippen molar-refractivity contribution in [2.24, 2.45) is 0 Å². The Hall–Kier alpha value is -1.29. The van der Waals surface area contributed by atoms with E-state index in [1.807, 2.05) is 0 Å². The first-order valence-electron chi connectivity index (χ1n) is 4.81. The van der Waals surface area contributed by atoms with Crippen molar-refractivity contribution in [2.75, 3.05) is 0 Å². The van der Waals surface area contributed by atoms with Crippen LogP contribution in [0.1, 0.15) is 31.0 Å². The van der Waals surface area contributed by atoms with E-state index in [1.54, 1.807) is 18.6 Å². The Kier molecular flexibility index (Phi) is 3.06. The standard InChI is InChI=1S/C10H11ClN2O2/c1-2-3-8(11)9-12-10(15-13-9)7-4-5-14-6-7/h4-6,8H,2-3H2,1H3. The second-order valence-electron chi connectivity index (χ2n) is 3.23. The van der Waals surface area contributed by atoms with Gasteiger partial charge in [-0.15, -0.1) is 11.6 Å². The van der Waals surface area contributed by atoms with Gasteiger partial charge in [0.25, 0.3) is 5.89 Å². The molecule has 0 radical (unpaired) electrons. The van der Waals surface area contributed by atoms with Gasteiger partial charge in [-0.1, -0.05) is 18.5 Å². The van der Waals surface area contributed by atoms with Gasteiger partial charge in [0.05, 0.1) is 17.2 Å². The number of halogens is 1. The van der Waals surface area contributed by atoms with E-state index in [4.69, 9.17) is 20.5 Å². The predicted octanol–water partition coefficient (Wildman–Crippen LogP) is 3.41. The number of hydrogen-bond donors (Lipinski definition) is 0. The van der Waals surface area contributed by atoms with E-state index < -0.39 is 0 Å². The summed E-state index contributed by atoms with van der Waals surface area (Å²) in [6, 6.07) is 1.76. The minimum Gasteiger partial charge on any atom is -0.472 e. The zero-order valence-corrected chi connectivity index (χ0v) is 9.07. The van der Waals surface area contributed by atoms with Gasteiger partial charge >= 0.3 is 0 Å². The van der Waals surface area contributed by atoms with E-state index in [1.165, 1.54) is 0 Å². The van der Waals surface area contributed by atoms with Crippen molar-refractivity contribution in [3.8, 4) is 11.5 Å². The molecule has 4 nitrogen and oxygen atoms in total. The van der Waals surface area contributed by atoms with Gasteiger partial charge in [0.2, 0.25) is 0 Å². The Bertz CT molecular complexity index is 411. The molecule has 0 saturated carbocycles. The molecule has 15 heavy (non-hydrogen) atoms. The van der Waals surface area contributed by atoms with Crippen LogP contribution >= 0.6 is 11.6 Å². The number of nitrogens with zero attached hydrogens (tertiary/aromatic N) is 2. The molecular formula is C10H11ClN2O2. The van der Waals surface area contributed by atoms with E-state index in [0.29, 0.717) is 11.7 Å². The minimum atomic E-state index is -0.181. The van der Waals surface area contributed by atoms with E-state index in [2.05, 4.69) is 17.1 Å². The Balaban J connectivity index is 2.17. The first-order chi connectivity index (χ1) is 7.31. The van der Waals surface area contributed by atoms with Crippen molar-refractivity contribution in [3.05, 3.63) is 24.4 Å². The summed E-state index contributed by atoms with van der Waals surface area (Å²) < 4.78 is 10.00. The summed E-state index contributed by atoms with van der Waals surface area (Å²) >= 11 is 6.07. The van der Waals surface area contributed by atoms with E-state index in [0.717, 1.165) is 18.4 Å². The fourth-order valence-corrected chi connectivity index (χ4v) is 1.55. The molecule has 0 amide bonds. The van der Waals surface area contributed by atoms with Gasteiger partial charge in [0, 0.05) is 0 Å². The second kappa shape index (κ2) is 4.49. The van der Waals surface area contributed by atoms with Crippen molar-refractivity contribution in [1.82, 2.24) is 10.1 Å². The molecule has 2 rings (SSSR count). The maximum absolute atomic E-state index is 6.07. The van der Waals surface area contributed by atoms with Gasteiger partial charge in [-0.2, -0.15) is 4.98 Å². The predicted molar refractivity (Wildman–Crippen MR) is 55.5 cm³/mol. The summed E-state index contributed by atoms with van der Waals surface area (Å²) in [5.74, 6) is 0.982. The zero-order chi connectivity index (χ0) is 10.7. The molecule has 0 aliphatic heterocycles. The van der Waals surface area contributed by atoms with Crippen LogP contribution in [0.4, 0.5) is 0 Å². The number of furan rings is 1. The van der Waals surface area contributed by atoms with Crippen LogP contribution in [-0.2, 0) is 0 Å². The number of aromatic nitrogens is 2. The molecule has 5 heteroatoms. The van der Waals surface area contributed by atoms with E-state index >= 15 is 0 Å². The van der Waals surface area contributed by atoms with Crippen LogP contribution in [0.15, 0.2) is 27.5 Å². The summed E-state index contributed by atoms with van der Waals surface area (Å²) in [5, 5.41) is 3.65. The summed E-state index contributed by atoms with van der Waals surface area (Å²) in [4.78, 5) is 4.20. The molecular weight excluding hydrogens is 216 g/mol. The molecule has 1 atom stereocenters. The maximum atomic E-state index is 6.07. The van der Waals surface area contributed by atoms with Gasteiger partial charge in [0.15, 0.2) is 5.82 Å². The van der Waals surface area contributed by atoms with Crippen LogP contribution in [0, 0.1) is 0 Å². The molecule has 0 N–H and O–H groups in total. The van der Waals surface area contributed by atoms with Crippen LogP contribution in [0.3, 0.4) is 0 Å². The largest absolute Gasteiger partial charge is 0.472 e. The highest BCUT2D eigenvalue weighted by Gasteiger charge is 2.16. The highest BCUT2D eigenvalue weighted by molar-refractivity contribution is 6.20. The average molecular weight is 227 g/mol. The van der Waals surface area contributed by atoms with Crippen molar-refractivity contribution in [2.45, 2.75) is 25.1 Å². The molecule has 0 saturated heterocycles. The SMILES string of the molecule is CCCC(Cl)c1noc(-c2ccoc2)n1. The summed E-state index contributed by atoms with van der Waals surface area (Å²) in [7, 11) is 0. The Labute approximate surface area is 92.2 Å². The molecule has 0 aliphatic rings. The lowest BCUT2D eigenvalue weighted by molar-refractivity contribution is 0.420. The Morgan fingerprint density at radius 1 is 1.53 bits per heavy atom. The fraction of sp³-hybridized carbons (Fsp3) is 0.400. The van der Waals surface area contributed by atoms with Crippen LogP contribution in [-0.4, -0.2) is 10.1 Å². The van der Waals surface area contributed by atoms with Gasteiger partial charge in [-0.05, 0) is 12.5 Å². The molecule has 2 aromatic rings. The average Bonchev–Trinajstić information content (AvgIpc) is 2.89. The molecule has 0 fully saturated rings. The summed E-state index contributed by atoms with van der Waals surface area (Å²) in [5.41, 5.74) is 0.772. The lowest BCUT2D eigenvalue weighted by atomic mass is 10.2. The van der Waals surface area contributed by atoms with Crippen molar-refractivity contribution in [1.29, 1.82) is 0 Å². The number of alkyl halides is 1. The number of rotatable bonds is 4. The smallest absolute Gasteiger partial charge is 0.261 e. The van der Waals surface area contributed by atoms with Crippen molar-refractivity contribution >= 4 is 11.6 Å². The second-order valence-corrected chi connectivity index (χ2v) is 3.75. The third kappa shape index (κ3) is 2.21. The molecule has 0 aliphatic carbocycles. The highest BCUT2D eigenvalue weighted by Crippen LogP contribution is 2.25. The van der Waals surface area contributed by atoms with Crippen molar-refractivity contribution in [3.63, 3.8) is 0 Å². The van der Waals surface area contributed by atoms with Crippen molar-refractivity contribution < 1.29 is 8.94 Å². The van der Waals surface area contributed by atoms with Gasteiger partial charge in [0.1, 0.15) is 6.26 Å². The molecule has 0 spiro atoms. The molecule has 0 bridgehead atoms. The topological polar surface area (TPSA) is 52.1 Å². The molecule has 1 unspecified atom stereocenters. The molecule has 80 valence electrons. The highest BCUT2D eigenvalue weighted by atomic mass is 35.5. The fourth-order valence-electron chi connectivity index (χ4n) is 1.25. The summed E-state index contributed by atoms with van der Waals surface area (Å²) in [6.45, 7) is 2.06. The molecule has 2 aromatic heterocycles. The first kappa shape index (κ1) is 10.2. The molecule has 2 heterocycles. The van der Waals surface area contributed by atoms with E-state index in [9.17, 15) is 0 Å². The van der Waals surface area contributed by atoms with Crippen LogP contribution < -0.4 is 0 Å². The first-order valence-corrected chi connectivity index (χ1v) is 5.25. The third-order valence-electron chi connectivity index (χ3n) is 2.03. The lowest BCUT2D eigenvalue weighted by Gasteiger charge is -1.99. The monoisotopic (exact) mass is 226 g/mol. The lowest BCUT2D eigenvalue weighted by Crippen LogP contribution is -1.92. The van der Waals surface area contributed by atoms with Gasteiger partial charge in [-0.25, -0.2) is 0 Å². The maximum Gasteiger partial charge on any atom is 0.261 e. The molecule has 0 aromatic carbocycles. The normalized spacial score (nSPS) is 12.9. The summed E-state index contributed by atoms with van der Waals surface area (Å²) in [6.07, 6.45) is 4.94. The van der Waals surface area contributed by atoms with E-state index in [-0.39, 0.29) is 5.38 Å². The Morgan fingerprint density at radius 3 is 3.07 bits per heavy atom. The Morgan fingerprint density at radius 2 is 2.40 bits per heavy atom. The number of hydrogen-bond acceptors (Lipinski definition) is 4. The van der Waals surface area contributed by atoms with Crippen LogP contribution in [0.2, 0.25) is 0 Å². The third-order valence-corrected chi connectivity index (χ3v) is 2.45. The van der Waals surface area contributed by atoms with Crippen LogP contribution in [0.5, 0.6) is 0 Å². The quantitative estimate of drug-likeness (QED) is 0.750. The van der Waals surface area contributed by atoms with Gasteiger partial charge < -0.3 is 8.94 Å².